The molecule has 0 fully saturated rings. The number of anilines is 2. The van der Waals surface area contributed by atoms with Gasteiger partial charge in [-0.1, -0.05) is 18.2 Å². The van der Waals surface area contributed by atoms with Gasteiger partial charge in [-0.2, -0.15) is 16.8 Å². The summed E-state index contributed by atoms with van der Waals surface area (Å²) in [6.07, 6.45) is 11.0. The molecule has 0 heterocycles. The predicted octanol–water partition coefficient (Wildman–Crippen LogP) is 2.30. The topological polar surface area (TPSA) is 92.3 Å². The molecule has 134 valence electrons. The number of benzene rings is 1. The fraction of sp³-hybridized carbons (Fsp3) is 0.111. The second kappa shape index (κ2) is 8.03. The van der Waals surface area contributed by atoms with Crippen molar-refractivity contribution >= 4 is 41.7 Å². The van der Waals surface area contributed by atoms with Crippen molar-refractivity contribution in [2.45, 2.75) is 12.8 Å². The Kier molecular flexibility index (Phi) is 5.55. The van der Waals surface area contributed by atoms with E-state index < -0.39 is 20.6 Å². The molecule has 0 saturated heterocycles. The van der Waals surface area contributed by atoms with Gasteiger partial charge in [-0.25, -0.2) is 0 Å². The molecule has 0 radical (unpaired) electrons. The minimum absolute atomic E-state index is 0.358. The van der Waals surface area contributed by atoms with Crippen molar-refractivity contribution in [3.63, 3.8) is 0 Å². The Morgan fingerprint density at radius 3 is 1.50 bits per heavy atom. The molecule has 0 spiro atoms. The van der Waals surface area contributed by atoms with Gasteiger partial charge >= 0.3 is 0 Å². The minimum atomic E-state index is -2.18. The molecule has 0 unspecified atom stereocenters. The predicted molar refractivity (Wildman–Crippen MR) is 105 cm³/mol. The highest BCUT2D eigenvalue weighted by atomic mass is 32.2. The largest absolute Gasteiger partial charge is 0.356 e. The average molecular weight is 388 g/mol. The first-order chi connectivity index (χ1) is 12.5. The third-order valence-corrected chi connectivity index (χ3v) is 5.27. The average Bonchev–Trinajstić information content (AvgIpc) is 2.63. The maximum atomic E-state index is 10.9. The molecule has 1 aromatic carbocycles. The number of allylic oxidation sites excluding steroid dienone is 6. The molecular weight excluding hydrogens is 372 g/mol. The second-order valence-electron chi connectivity index (χ2n) is 5.63. The lowest BCUT2D eigenvalue weighted by Gasteiger charge is -2.14. The van der Waals surface area contributed by atoms with Crippen LogP contribution in [0.4, 0.5) is 11.4 Å². The molecular formula is C18H16N2O4S2. The number of rotatable bonds is 4. The Balaban J connectivity index is 1.68. The van der Waals surface area contributed by atoms with Crippen molar-refractivity contribution in [2.24, 2.45) is 0 Å². The van der Waals surface area contributed by atoms with Crippen molar-refractivity contribution in [3.8, 4) is 0 Å². The molecule has 2 N–H and O–H groups in total. The van der Waals surface area contributed by atoms with Crippen LogP contribution in [0.5, 0.6) is 0 Å². The first-order valence-electron chi connectivity index (χ1n) is 7.82. The standard InChI is InChI=1S/C18H16N2O4S2/c21-25(22)17-8-4-13(5-9-17)19-15-2-1-3-16(12-15)20-14-6-10-18(11-7-14)26(23)24/h1-8,10,12,19-20H,9,11H2. The van der Waals surface area contributed by atoms with Crippen LogP contribution in [-0.4, -0.2) is 26.6 Å². The zero-order chi connectivity index (χ0) is 18.5. The molecule has 6 nitrogen and oxygen atoms in total. The molecule has 0 saturated carbocycles. The van der Waals surface area contributed by atoms with E-state index in [4.69, 9.17) is 0 Å². The lowest BCUT2D eigenvalue weighted by molar-refractivity contribution is 0.625. The van der Waals surface area contributed by atoms with E-state index in [-0.39, 0.29) is 0 Å². The van der Waals surface area contributed by atoms with E-state index >= 15 is 0 Å². The van der Waals surface area contributed by atoms with E-state index in [9.17, 15) is 16.8 Å². The zero-order valence-corrected chi connectivity index (χ0v) is 15.3. The third kappa shape index (κ3) is 4.62. The van der Waals surface area contributed by atoms with E-state index in [1.807, 2.05) is 36.4 Å². The Morgan fingerprint density at radius 1 is 0.692 bits per heavy atom. The Hall–Kier alpha value is -2.84. The van der Waals surface area contributed by atoms with Crippen molar-refractivity contribution in [3.05, 3.63) is 72.1 Å². The van der Waals surface area contributed by atoms with Gasteiger partial charge in [-0.05, 0) is 42.5 Å². The summed E-state index contributed by atoms with van der Waals surface area (Å²) in [6.45, 7) is 0. The third-order valence-electron chi connectivity index (χ3n) is 3.81. The fourth-order valence-corrected chi connectivity index (χ4v) is 3.30. The van der Waals surface area contributed by atoms with Crippen molar-refractivity contribution in [1.29, 1.82) is 0 Å². The summed E-state index contributed by atoms with van der Waals surface area (Å²) >= 11 is 0. The normalized spacial score (nSPS) is 16.0. The smallest absolute Gasteiger partial charge is 0.217 e. The number of nitrogens with one attached hydrogen (secondary N) is 2. The molecule has 2 aliphatic rings. The molecule has 2 aliphatic carbocycles. The van der Waals surface area contributed by atoms with E-state index in [2.05, 4.69) is 10.6 Å². The fourth-order valence-electron chi connectivity index (χ4n) is 2.50. The van der Waals surface area contributed by atoms with Crippen molar-refractivity contribution in [2.75, 3.05) is 10.6 Å². The van der Waals surface area contributed by atoms with Gasteiger partial charge in [0.05, 0.1) is 9.73 Å². The van der Waals surface area contributed by atoms with Crippen LogP contribution in [0.1, 0.15) is 12.8 Å². The van der Waals surface area contributed by atoms with Crippen LogP contribution in [0, 0.1) is 0 Å². The first kappa shape index (κ1) is 18.0. The van der Waals surface area contributed by atoms with Gasteiger partial charge in [0.25, 0.3) is 0 Å². The summed E-state index contributed by atoms with van der Waals surface area (Å²) in [4.78, 5) is 0.717. The van der Waals surface area contributed by atoms with Gasteiger partial charge < -0.3 is 10.6 Å². The quantitative estimate of drug-likeness (QED) is 0.769. The summed E-state index contributed by atoms with van der Waals surface area (Å²) in [5, 5.41) is 6.47. The maximum Gasteiger partial charge on any atom is 0.217 e. The van der Waals surface area contributed by atoms with Crippen LogP contribution in [0.2, 0.25) is 0 Å². The Bertz CT molecular complexity index is 1030. The lowest BCUT2D eigenvalue weighted by atomic mass is 10.1. The molecule has 8 heteroatoms. The van der Waals surface area contributed by atoms with E-state index in [0.29, 0.717) is 22.6 Å². The molecule has 0 aliphatic heterocycles. The van der Waals surface area contributed by atoms with Gasteiger partial charge in [0.2, 0.25) is 20.6 Å². The number of hydrogen-bond donors (Lipinski definition) is 2. The van der Waals surface area contributed by atoms with Crippen LogP contribution >= 0.6 is 0 Å². The monoisotopic (exact) mass is 388 g/mol. The summed E-state index contributed by atoms with van der Waals surface area (Å²) < 4.78 is 43.7. The molecule has 0 atom stereocenters. The van der Waals surface area contributed by atoms with Gasteiger partial charge in [0.1, 0.15) is 0 Å². The molecule has 0 aromatic heterocycles. The van der Waals surface area contributed by atoms with Gasteiger partial charge in [-0.15, -0.1) is 0 Å². The van der Waals surface area contributed by atoms with Gasteiger partial charge in [-0.3, -0.25) is 0 Å². The summed E-state index contributed by atoms with van der Waals surface area (Å²) in [6, 6.07) is 7.61. The lowest BCUT2D eigenvalue weighted by Crippen LogP contribution is -2.06. The minimum Gasteiger partial charge on any atom is -0.356 e. The number of hydrogen-bond acceptors (Lipinski definition) is 6. The summed E-state index contributed by atoms with van der Waals surface area (Å²) in [7, 11) is -4.37. The van der Waals surface area contributed by atoms with E-state index in [1.54, 1.807) is 24.3 Å². The SMILES string of the molecule is O=S(=O)=C1C=CC(Nc2cccc(NC3=CCC(=S(=O)=O)C=C3)c2)=CC1. The first-order valence-corrected chi connectivity index (χ1v) is 9.97. The van der Waals surface area contributed by atoms with Crippen LogP contribution in [0.25, 0.3) is 0 Å². The molecule has 0 amide bonds. The highest BCUT2D eigenvalue weighted by molar-refractivity contribution is 7.73. The highest BCUT2D eigenvalue weighted by Gasteiger charge is 2.06. The molecule has 26 heavy (non-hydrogen) atoms. The second-order valence-corrected chi connectivity index (χ2v) is 7.61. The molecule has 3 rings (SSSR count). The van der Waals surface area contributed by atoms with Crippen LogP contribution in [0.15, 0.2) is 72.1 Å². The van der Waals surface area contributed by atoms with Crippen molar-refractivity contribution in [1.82, 2.24) is 0 Å². The van der Waals surface area contributed by atoms with E-state index in [1.165, 1.54) is 0 Å². The summed E-state index contributed by atoms with van der Waals surface area (Å²) in [5.41, 5.74) is 3.35. The summed E-state index contributed by atoms with van der Waals surface area (Å²) in [5.74, 6) is 0. The maximum absolute atomic E-state index is 10.9. The van der Waals surface area contributed by atoms with Crippen LogP contribution in [0.3, 0.4) is 0 Å². The van der Waals surface area contributed by atoms with Gasteiger partial charge in [0, 0.05) is 35.6 Å². The van der Waals surface area contributed by atoms with Crippen LogP contribution < -0.4 is 10.6 Å². The van der Waals surface area contributed by atoms with E-state index in [0.717, 1.165) is 22.8 Å². The highest BCUT2D eigenvalue weighted by Crippen LogP contribution is 2.21. The zero-order valence-electron chi connectivity index (χ0n) is 13.6. The Morgan fingerprint density at radius 2 is 1.15 bits per heavy atom. The van der Waals surface area contributed by atoms with Gasteiger partial charge in [0.15, 0.2) is 0 Å². The molecule has 0 bridgehead atoms. The Labute approximate surface area is 154 Å². The van der Waals surface area contributed by atoms with Crippen molar-refractivity contribution < 1.29 is 16.8 Å². The van der Waals surface area contributed by atoms with Crippen LogP contribution in [-0.2, 0) is 20.6 Å². The molecule has 1 aromatic rings.